The first-order valence-electron chi connectivity index (χ1n) is 6.87. The van der Waals surface area contributed by atoms with Gasteiger partial charge in [0, 0.05) is 18.8 Å². The first kappa shape index (κ1) is 15.5. The van der Waals surface area contributed by atoms with Crippen molar-refractivity contribution in [3.63, 3.8) is 0 Å². The summed E-state index contributed by atoms with van der Waals surface area (Å²) in [6, 6.07) is 3.43. The van der Waals surface area contributed by atoms with Gasteiger partial charge in [-0.3, -0.25) is 14.8 Å². The summed E-state index contributed by atoms with van der Waals surface area (Å²) >= 11 is 0. The first-order valence-corrected chi connectivity index (χ1v) is 6.87. The summed E-state index contributed by atoms with van der Waals surface area (Å²) in [4.78, 5) is 16.6. The highest BCUT2D eigenvalue weighted by molar-refractivity contribution is 5.50. The van der Waals surface area contributed by atoms with Gasteiger partial charge in [0.25, 0.3) is 5.69 Å². The second kappa shape index (κ2) is 6.72. The maximum Gasteiger partial charge on any atom is 0.287 e. The number of nitrogens with zero attached hydrogens (tertiary/aromatic N) is 5. The van der Waals surface area contributed by atoms with Gasteiger partial charge in [-0.1, -0.05) is 5.92 Å². The third-order valence-corrected chi connectivity index (χ3v) is 3.23. The topological polar surface area (TPSA) is 77.1 Å². The Balaban J connectivity index is 2.20. The van der Waals surface area contributed by atoms with Gasteiger partial charge in [0.1, 0.15) is 18.6 Å². The average molecular weight is 299 g/mol. The van der Waals surface area contributed by atoms with E-state index in [2.05, 4.69) is 16.0 Å². The predicted molar refractivity (Wildman–Crippen MR) is 83.4 cm³/mol. The lowest BCUT2D eigenvalue weighted by atomic mass is 10.2. The molecule has 0 spiro atoms. The fourth-order valence-corrected chi connectivity index (χ4v) is 2.19. The number of pyridine rings is 1. The van der Waals surface area contributed by atoms with Gasteiger partial charge in [-0.05, 0) is 25.5 Å². The van der Waals surface area contributed by atoms with Crippen LogP contribution in [0.25, 0.3) is 0 Å². The van der Waals surface area contributed by atoms with Crippen LogP contribution < -0.4 is 4.90 Å². The Kier molecular flexibility index (Phi) is 4.73. The molecular formula is C15H17N5O2. The van der Waals surface area contributed by atoms with Crippen LogP contribution in [0.5, 0.6) is 0 Å². The van der Waals surface area contributed by atoms with Crippen LogP contribution in [0.3, 0.4) is 0 Å². The summed E-state index contributed by atoms with van der Waals surface area (Å²) in [5, 5.41) is 15.2. The van der Waals surface area contributed by atoms with E-state index >= 15 is 0 Å². The summed E-state index contributed by atoms with van der Waals surface area (Å²) in [7, 11) is 0. The first-order chi connectivity index (χ1) is 10.5. The fraction of sp³-hybridized carbons (Fsp3) is 0.333. The molecule has 7 heteroatoms. The van der Waals surface area contributed by atoms with Gasteiger partial charge in [0.15, 0.2) is 0 Å². The van der Waals surface area contributed by atoms with E-state index < -0.39 is 4.92 Å². The molecule has 0 unspecified atom stereocenters. The number of hydrogen-bond acceptors (Lipinski definition) is 5. The number of rotatable bonds is 6. The van der Waals surface area contributed by atoms with Gasteiger partial charge in [0.2, 0.25) is 0 Å². The molecule has 2 aromatic rings. The van der Waals surface area contributed by atoms with E-state index in [9.17, 15) is 10.1 Å². The van der Waals surface area contributed by atoms with E-state index in [1.54, 1.807) is 4.68 Å². The minimum atomic E-state index is -0.443. The van der Waals surface area contributed by atoms with Gasteiger partial charge in [-0.25, -0.2) is 4.98 Å². The summed E-state index contributed by atoms with van der Waals surface area (Å²) in [6.45, 7) is 5.53. The minimum absolute atomic E-state index is 0.00407. The zero-order chi connectivity index (χ0) is 16.1. The molecule has 22 heavy (non-hydrogen) atoms. The van der Waals surface area contributed by atoms with Crippen LogP contribution in [-0.2, 0) is 13.1 Å². The Labute approximate surface area is 128 Å². The summed E-state index contributed by atoms with van der Waals surface area (Å²) in [5.74, 6) is 3.25. The van der Waals surface area contributed by atoms with E-state index in [0.717, 1.165) is 17.1 Å². The standard InChI is InChI=1S/C15H17N5O2/c1-4-7-19-8-6-13(17-19)11-18(5-2)15-12(3)9-14(10-16-15)20(21)22/h1,6,8-10H,5,7,11H2,2-3H3. The Hall–Kier alpha value is -2.88. The molecule has 0 radical (unpaired) electrons. The Bertz CT molecular complexity index is 717. The van der Waals surface area contributed by atoms with Crippen molar-refractivity contribution >= 4 is 11.5 Å². The molecule has 2 rings (SSSR count). The summed E-state index contributed by atoms with van der Waals surface area (Å²) < 4.78 is 1.69. The molecule has 2 heterocycles. The Morgan fingerprint density at radius 1 is 1.55 bits per heavy atom. The van der Waals surface area contributed by atoms with Gasteiger partial charge < -0.3 is 4.90 Å². The number of terminal acetylenes is 1. The zero-order valence-corrected chi connectivity index (χ0v) is 12.6. The number of nitro groups is 1. The molecule has 0 N–H and O–H groups in total. The normalized spacial score (nSPS) is 10.2. The van der Waals surface area contributed by atoms with E-state index in [4.69, 9.17) is 6.42 Å². The van der Waals surface area contributed by atoms with Crippen molar-refractivity contribution < 1.29 is 4.92 Å². The fourth-order valence-electron chi connectivity index (χ4n) is 2.19. The largest absolute Gasteiger partial charge is 0.351 e. The molecule has 0 amide bonds. The molecule has 0 aliphatic heterocycles. The molecule has 7 nitrogen and oxygen atoms in total. The minimum Gasteiger partial charge on any atom is -0.351 e. The summed E-state index contributed by atoms with van der Waals surface area (Å²) in [5.41, 5.74) is 1.63. The van der Waals surface area contributed by atoms with E-state index in [-0.39, 0.29) is 5.69 Å². The maximum absolute atomic E-state index is 10.8. The molecule has 0 bridgehead atoms. The molecule has 0 saturated heterocycles. The number of anilines is 1. The van der Waals surface area contributed by atoms with Gasteiger partial charge >= 0.3 is 0 Å². The Morgan fingerprint density at radius 3 is 2.91 bits per heavy atom. The van der Waals surface area contributed by atoms with Crippen molar-refractivity contribution in [3.05, 3.63) is 45.9 Å². The molecule has 0 aliphatic rings. The van der Waals surface area contributed by atoms with Crippen LogP contribution in [-0.4, -0.2) is 26.2 Å². The lowest BCUT2D eigenvalue weighted by molar-refractivity contribution is -0.385. The van der Waals surface area contributed by atoms with Crippen LogP contribution in [0.1, 0.15) is 18.2 Å². The molecule has 0 saturated carbocycles. The van der Waals surface area contributed by atoms with Crippen LogP contribution in [0.15, 0.2) is 24.5 Å². The molecule has 0 aliphatic carbocycles. The zero-order valence-electron chi connectivity index (χ0n) is 12.6. The third kappa shape index (κ3) is 3.41. The lowest BCUT2D eigenvalue weighted by Crippen LogP contribution is -2.24. The molecule has 2 aromatic heterocycles. The highest BCUT2D eigenvalue weighted by Gasteiger charge is 2.15. The van der Waals surface area contributed by atoms with E-state index in [1.165, 1.54) is 12.3 Å². The third-order valence-electron chi connectivity index (χ3n) is 3.23. The number of aryl methyl sites for hydroxylation is 1. The summed E-state index contributed by atoms with van der Waals surface area (Å²) in [6.07, 6.45) is 8.37. The van der Waals surface area contributed by atoms with Gasteiger partial charge in [-0.15, -0.1) is 6.42 Å². The van der Waals surface area contributed by atoms with Crippen LogP contribution in [0, 0.1) is 29.4 Å². The molecule has 0 fully saturated rings. The SMILES string of the molecule is C#CCn1ccc(CN(CC)c2ncc([N+](=O)[O-])cc2C)n1. The van der Waals surface area contributed by atoms with Crippen LogP contribution in [0.4, 0.5) is 11.5 Å². The lowest BCUT2D eigenvalue weighted by Gasteiger charge is -2.22. The molecule has 0 aromatic carbocycles. The van der Waals surface area contributed by atoms with Crippen LogP contribution >= 0.6 is 0 Å². The highest BCUT2D eigenvalue weighted by atomic mass is 16.6. The van der Waals surface area contributed by atoms with Crippen LogP contribution in [0.2, 0.25) is 0 Å². The highest BCUT2D eigenvalue weighted by Crippen LogP contribution is 2.22. The smallest absolute Gasteiger partial charge is 0.287 e. The van der Waals surface area contributed by atoms with Crippen molar-refractivity contribution in [3.8, 4) is 12.3 Å². The maximum atomic E-state index is 10.8. The van der Waals surface area contributed by atoms with Crippen molar-refractivity contribution in [1.82, 2.24) is 14.8 Å². The monoisotopic (exact) mass is 299 g/mol. The van der Waals surface area contributed by atoms with Gasteiger partial charge in [0.05, 0.1) is 17.2 Å². The second-order valence-electron chi connectivity index (χ2n) is 4.81. The quantitative estimate of drug-likeness (QED) is 0.464. The number of hydrogen-bond donors (Lipinski definition) is 0. The molecule has 0 atom stereocenters. The van der Waals surface area contributed by atoms with Crippen molar-refractivity contribution in [2.45, 2.75) is 26.9 Å². The molecular weight excluding hydrogens is 282 g/mol. The average Bonchev–Trinajstić information content (AvgIpc) is 2.92. The van der Waals surface area contributed by atoms with E-state index in [0.29, 0.717) is 19.6 Å². The number of aromatic nitrogens is 3. The predicted octanol–water partition coefficient (Wildman–Crippen LogP) is 2.15. The molecule has 114 valence electrons. The van der Waals surface area contributed by atoms with E-state index in [1.807, 2.05) is 31.0 Å². The van der Waals surface area contributed by atoms with Crippen molar-refractivity contribution in [2.75, 3.05) is 11.4 Å². The van der Waals surface area contributed by atoms with Gasteiger partial charge in [-0.2, -0.15) is 5.10 Å². The second-order valence-corrected chi connectivity index (χ2v) is 4.81. The van der Waals surface area contributed by atoms with Crippen molar-refractivity contribution in [1.29, 1.82) is 0 Å². The van der Waals surface area contributed by atoms with Crippen molar-refractivity contribution in [2.24, 2.45) is 0 Å². The Morgan fingerprint density at radius 2 is 2.32 bits per heavy atom.